The molecule has 0 saturated heterocycles. The van der Waals surface area contributed by atoms with Crippen molar-refractivity contribution in [3.05, 3.63) is 0 Å². The molecule has 0 aliphatic heterocycles. The van der Waals surface area contributed by atoms with Crippen molar-refractivity contribution in [2.45, 2.75) is 12.8 Å². The smallest absolute Gasteiger partial charge is 0.320 e. The zero-order valence-corrected chi connectivity index (χ0v) is 5.32. The van der Waals surface area contributed by atoms with Gasteiger partial charge < -0.3 is 5.32 Å². The maximum atomic E-state index is 10.9. The monoisotopic (exact) mass is 135 g/mol. The highest BCUT2D eigenvalue weighted by molar-refractivity contribution is 5.68. The number of halogens is 1. The summed E-state index contributed by atoms with van der Waals surface area (Å²) in [5, 5.41) is 2.82. The van der Waals surface area contributed by atoms with E-state index in [4.69, 9.17) is 0 Å². The first-order chi connectivity index (χ1) is 4.31. The van der Waals surface area contributed by atoms with Crippen LogP contribution < -0.4 is 5.32 Å². The van der Waals surface area contributed by atoms with Crippen molar-refractivity contribution in [1.29, 1.82) is 0 Å². The van der Waals surface area contributed by atoms with Crippen molar-refractivity contribution >= 4 is 5.97 Å². The van der Waals surface area contributed by atoms with Crippen LogP contribution in [0, 0.1) is 0 Å². The zero-order chi connectivity index (χ0) is 7.11. The SMILES string of the molecule is CNCCCC(=O)OF. The summed E-state index contributed by atoms with van der Waals surface area (Å²) in [6.45, 7) is 0.703. The Labute approximate surface area is 53.1 Å². The van der Waals surface area contributed by atoms with E-state index in [0.29, 0.717) is 13.0 Å². The Hall–Kier alpha value is -0.640. The molecule has 3 nitrogen and oxygen atoms in total. The van der Waals surface area contributed by atoms with Crippen LogP contribution in [0.1, 0.15) is 12.8 Å². The summed E-state index contributed by atoms with van der Waals surface area (Å²) in [6, 6.07) is 0. The summed E-state index contributed by atoms with van der Waals surface area (Å²) in [5.74, 6) is -0.801. The first kappa shape index (κ1) is 8.36. The van der Waals surface area contributed by atoms with Gasteiger partial charge in [-0.25, -0.2) is 4.79 Å². The third-order valence-corrected chi connectivity index (χ3v) is 0.894. The lowest BCUT2D eigenvalue weighted by atomic mass is 10.3. The Kier molecular flexibility index (Phi) is 5.11. The summed E-state index contributed by atoms with van der Waals surface area (Å²) in [4.78, 5) is 13.0. The highest BCUT2D eigenvalue weighted by atomic mass is 19.3. The molecule has 0 aromatic carbocycles. The van der Waals surface area contributed by atoms with E-state index in [1.165, 1.54) is 0 Å². The molecule has 0 rings (SSSR count). The van der Waals surface area contributed by atoms with Crippen LogP contribution in [0.3, 0.4) is 0 Å². The van der Waals surface area contributed by atoms with Gasteiger partial charge in [0.25, 0.3) is 0 Å². The number of nitrogens with one attached hydrogen (secondary N) is 1. The van der Waals surface area contributed by atoms with Gasteiger partial charge in [0.1, 0.15) is 0 Å². The van der Waals surface area contributed by atoms with Gasteiger partial charge in [0, 0.05) is 4.53 Å². The lowest BCUT2D eigenvalue weighted by molar-refractivity contribution is -0.183. The molecule has 1 N–H and O–H groups in total. The van der Waals surface area contributed by atoms with Gasteiger partial charge in [-0.05, 0) is 20.0 Å². The molecule has 0 aromatic heterocycles. The largest absolute Gasteiger partial charge is 0.348 e. The van der Waals surface area contributed by atoms with Gasteiger partial charge in [-0.1, -0.05) is 0 Å². The van der Waals surface area contributed by atoms with Gasteiger partial charge >= 0.3 is 5.97 Å². The maximum Gasteiger partial charge on any atom is 0.348 e. The van der Waals surface area contributed by atoms with Gasteiger partial charge in [0.2, 0.25) is 0 Å². The number of hydrogen-bond acceptors (Lipinski definition) is 3. The third kappa shape index (κ3) is 5.23. The van der Waals surface area contributed by atoms with Crippen molar-refractivity contribution in [2.24, 2.45) is 0 Å². The van der Waals surface area contributed by atoms with Crippen LogP contribution >= 0.6 is 0 Å². The van der Waals surface area contributed by atoms with Crippen LogP contribution in [0.25, 0.3) is 0 Å². The van der Waals surface area contributed by atoms with Crippen LogP contribution in [0.5, 0.6) is 0 Å². The van der Waals surface area contributed by atoms with Crippen LogP contribution in [-0.4, -0.2) is 19.6 Å². The Balaban J connectivity index is 2.97. The molecule has 0 bridgehead atoms. The highest BCUT2D eigenvalue weighted by Crippen LogP contribution is 1.90. The Morgan fingerprint density at radius 1 is 1.78 bits per heavy atom. The molecular weight excluding hydrogens is 125 g/mol. The highest BCUT2D eigenvalue weighted by Gasteiger charge is 1.99. The fourth-order valence-electron chi connectivity index (χ4n) is 0.448. The van der Waals surface area contributed by atoms with Gasteiger partial charge in [0.15, 0.2) is 0 Å². The maximum absolute atomic E-state index is 10.9. The molecule has 0 aromatic rings. The number of rotatable bonds is 4. The normalized spacial score (nSPS) is 9.11. The Bertz CT molecular complexity index is 87.0. The third-order valence-electron chi connectivity index (χ3n) is 0.894. The minimum absolute atomic E-state index is 0.136. The predicted octanol–water partition coefficient (Wildman–Crippen LogP) is 0.414. The van der Waals surface area contributed by atoms with Crippen molar-refractivity contribution in [2.75, 3.05) is 13.6 Å². The molecule has 0 aliphatic rings. The molecule has 9 heavy (non-hydrogen) atoms. The molecule has 4 heteroatoms. The van der Waals surface area contributed by atoms with Crippen LogP contribution in [-0.2, 0) is 9.74 Å². The molecule has 0 radical (unpaired) electrons. The van der Waals surface area contributed by atoms with Crippen molar-refractivity contribution < 1.29 is 14.3 Å². The summed E-state index contributed by atoms with van der Waals surface area (Å²) in [6.07, 6.45) is 0.747. The number of carbonyl (C=O) groups is 1. The van der Waals surface area contributed by atoms with E-state index in [9.17, 15) is 9.32 Å². The van der Waals surface area contributed by atoms with E-state index in [1.54, 1.807) is 7.05 Å². The topological polar surface area (TPSA) is 38.3 Å². The average Bonchev–Trinajstić information content (AvgIpc) is 1.89. The second kappa shape index (κ2) is 5.50. The van der Waals surface area contributed by atoms with Crippen LogP contribution in [0.15, 0.2) is 0 Å². The number of hydrogen-bond donors (Lipinski definition) is 1. The molecule has 0 heterocycles. The quantitative estimate of drug-likeness (QED) is 0.567. The lowest BCUT2D eigenvalue weighted by Gasteiger charge is -1.93. The van der Waals surface area contributed by atoms with Gasteiger partial charge in [-0.2, -0.15) is 0 Å². The molecule has 0 aliphatic carbocycles. The van der Waals surface area contributed by atoms with E-state index in [1.807, 2.05) is 0 Å². The Morgan fingerprint density at radius 3 is 2.89 bits per heavy atom. The summed E-state index contributed by atoms with van der Waals surface area (Å²) in [7, 11) is 1.76. The van der Waals surface area contributed by atoms with Gasteiger partial charge in [-0.15, -0.1) is 0 Å². The van der Waals surface area contributed by atoms with Crippen LogP contribution in [0.4, 0.5) is 4.53 Å². The van der Waals surface area contributed by atoms with E-state index in [0.717, 1.165) is 0 Å². The lowest BCUT2D eigenvalue weighted by Crippen LogP contribution is -2.09. The van der Waals surface area contributed by atoms with E-state index in [2.05, 4.69) is 10.3 Å². The van der Waals surface area contributed by atoms with Gasteiger partial charge in [0.05, 0.1) is 6.42 Å². The summed E-state index contributed by atoms with van der Waals surface area (Å²) < 4.78 is 10.9. The summed E-state index contributed by atoms with van der Waals surface area (Å²) in [5.41, 5.74) is 0. The molecule has 0 saturated carbocycles. The minimum atomic E-state index is -0.801. The average molecular weight is 135 g/mol. The number of carbonyl (C=O) groups excluding carboxylic acids is 1. The molecule has 54 valence electrons. The fraction of sp³-hybridized carbons (Fsp3) is 0.800. The van der Waals surface area contributed by atoms with Gasteiger partial charge in [-0.3, -0.25) is 4.94 Å². The van der Waals surface area contributed by atoms with Crippen LogP contribution in [0.2, 0.25) is 0 Å². The van der Waals surface area contributed by atoms with E-state index in [-0.39, 0.29) is 6.42 Å². The molecule has 0 spiro atoms. The van der Waals surface area contributed by atoms with E-state index < -0.39 is 5.97 Å². The molecule has 0 amide bonds. The van der Waals surface area contributed by atoms with Crippen molar-refractivity contribution in [3.8, 4) is 0 Å². The predicted molar refractivity (Wildman–Crippen MR) is 30.4 cm³/mol. The zero-order valence-electron chi connectivity index (χ0n) is 5.32. The Morgan fingerprint density at radius 2 is 2.44 bits per heavy atom. The molecule has 0 unspecified atom stereocenters. The fourth-order valence-corrected chi connectivity index (χ4v) is 0.448. The standard InChI is InChI=1S/C5H10FNO2/c1-7-4-2-3-5(8)9-6/h7H,2-4H2,1H3. The van der Waals surface area contributed by atoms with E-state index >= 15 is 0 Å². The summed E-state index contributed by atoms with van der Waals surface area (Å²) >= 11 is 0. The first-order valence-electron chi connectivity index (χ1n) is 2.77. The molecular formula is C5H10FNO2. The second-order valence-corrected chi connectivity index (χ2v) is 1.66. The first-order valence-corrected chi connectivity index (χ1v) is 2.77. The second-order valence-electron chi connectivity index (χ2n) is 1.66. The van der Waals surface area contributed by atoms with Crippen molar-refractivity contribution in [1.82, 2.24) is 5.32 Å². The van der Waals surface area contributed by atoms with Crippen molar-refractivity contribution in [3.63, 3.8) is 0 Å². The minimum Gasteiger partial charge on any atom is -0.320 e. The molecule has 0 fully saturated rings. The molecule has 0 atom stereocenters.